The first kappa shape index (κ1) is 19.8. The Balaban J connectivity index is 1.61. The molecule has 0 bridgehead atoms. The van der Waals surface area contributed by atoms with Crippen molar-refractivity contribution in [3.8, 4) is 11.5 Å². The fraction of sp³-hybridized carbons (Fsp3) is 0.0455. The van der Waals surface area contributed by atoms with E-state index in [1.165, 1.54) is 24.3 Å². The molecule has 0 aliphatic heterocycles. The molecule has 3 rings (SSSR count). The molecule has 7 heteroatoms. The van der Waals surface area contributed by atoms with Crippen molar-refractivity contribution in [3.63, 3.8) is 0 Å². The third-order valence-corrected chi connectivity index (χ3v) is 3.85. The summed E-state index contributed by atoms with van der Waals surface area (Å²) in [7, 11) is 0. The molecule has 0 aliphatic carbocycles. The predicted molar refractivity (Wildman–Crippen MR) is 107 cm³/mol. The molecule has 2 N–H and O–H groups in total. The number of aromatic nitrogens is 1. The van der Waals surface area contributed by atoms with Gasteiger partial charge in [-0.2, -0.15) is 0 Å². The number of benzene rings is 2. The first-order chi connectivity index (χ1) is 14.0. The Morgan fingerprint density at radius 3 is 2.62 bits per heavy atom. The van der Waals surface area contributed by atoms with Gasteiger partial charge in [0.2, 0.25) is 5.91 Å². The molecule has 2 amide bonds. The zero-order valence-electron chi connectivity index (χ0n) is 15.4. The molecule has 0 radical (unpaired) electrons. The van der Waals surface area contributed by atoms with Gasteiger partial charge in [0.1, 0.15) is 17.3 Å². The first-order valence-electron chi connectivity index (χ1n) is 8.73. The number of nitrogens with one attached hydrogen (secondary N) is 2. The lowest BCUT2D eigenvalue weighted by Gasteiger charge is -2.09. The predicted octanol–water partition coefficient (Wildman–Crippen LogP) is 4.07. The highest BCUT2D eigenvalue weighted by Crippen LogP contribution is 2.21. The van der Waals surface area contributed by atoms with E-state index in [-0.39, 0.29) is 24.2 Å². The number of hydrogen-bond donors (Lipinski definition) is 2. The second kappa shape index (κ2) is 9.27. The summed E-state index contributed by atoms with van der Waals surface area (Å²) < 4.78 is 18.6. The van der Waals surface area contributed by atoms with E-state index in [4.69, 9.17) is 4.74 Å². The number of anilines is 1. The van der Waals surface area contributed by atoms with Crippen LogP contribution in [-0.2, 0) is 11.3 Å². The van der Waals surface area contributed by atoms with Gasteiger partial charge in [0.15, 0.2) is 0 Å². The number of carbonyl (C=O) groups excluding carboxylic acids is 2. The Hall–Kier alpha value is -4.00. The van der Waals surface area contributed by atoms with Gasteiger partial charge >= 0.3 is 0 Å². The maximum Gasteiger partial charge on any atom is 0.251 e. The molecule has 0 aliphatic rings. The van der Waals surface area contributed by atoms with Crippen LogP contribution in [-0.4, -0.2) is 16.8 Å². The average molecular weight is 391 g/mol. The Morgan fingerprint density at radius 2 is 1.86 bits per heavy atom. The van der Waals surface area contributed by atoms with Crippen molar-refractivity contribution >= 4 is 17.5 Å². The summed E-state index contributed by atoms with van der Waals surface area (Å²) in [5.74, 6) is -0.00402. The van der Waals surface area contributed by atoms with E-state index >= 15 is 0 Å². The highest BCUT2D eigenvalue weighted by Gasteiger charge is 2.08. The fourth-order valence-corrected chi connectivity index (χ4v) is 2.46. The van der Waals surface area contributed by atoms with E-state index in [1.807, 2.05) is 0 Å². The molecule has 29 heavy (non-hydrogen) atoms. The number of nitrogens with zero attached hydrogens (tertiary/aromatic N) is 1. The highest BCUT2D eigenvalue weighted by molar-refractivity contribution is 6.00. The van der Waals surface area contributed by atoms with Crippen molar-refractivity contribution in [3.05, 3.63) is 96.6 Å². The molecule has 1 heterocycles. The molecule has 1 aromatic heterocycles. The van der Waals surface area contributed by atoms with Crippen molar-refractivity contribution < 1.29 is 18.7 Å². The van der Waals surface area contributed by atoms with E-state index in [9.17, 15) is 14.0 Å². The molecular formula is C22H18FN3O3. The van der Waals surface area contributed by atoms with Gasteiger partial charge in [-0.25, -0.2) is 4.39 Å². The van der Waals surface area contributed by atoms with Crippen molar-refractivity contribution in [2.45, 2.75) is 6.54 Å². The van der Waals surface area contributed by atoms with E-state index in [1.54, 1.807) is 42.6 Å². The summed E-state index contributed by atoms with van der Waals surface area (Å²) >= 11 is 0. The first-order valence-corrected chi connectivity index (χ1v) is 8.73. The number of rotatable bonds is 7. The minimum Gasteiger partial charge on any atom is -0.457 e. The molecule has 0 unspecified atom stereocenters. The largest absolute Gasteiger partial charge is 0.457 e. The summed E-state index contributed by atoms with van der Waals surface area (Å²) in [5, 5.41) is 5.37. The van der Waals surface area contributed by atoms with Crippen LogP contribution in [0.25, 0.3) is 0 Å². The van der Waals surface area contributed by atoms with Gasteiger partial charge in [-0.3, -0.25) is 14.6 Å². The van der Waals surface area contributed by atoms with Gasteiger partial charge in [-0.1, -0.05) is 12.6 Å². The molecule has 0 atom stereocenters. The lowest BCUT2D eigenvalue weighted by molar-refractivity contribution is -0.111. The van der Waals surface area contributed by atoms with Crippen molar-refractivity contribution in [1.82, 2.24) is 10.3 Å². The Labute approximate surface area is 167 Å². The monoisotopic (exact) mass is 391 g/mol. The Bertz CT molecular complexity index is 1040. The normalized spacial score (nSPS) is 10.1. The third-order valence-electron chi connectivity index (χ3n) is 3.85. The van der Waals surface area contributed by atoms with E-state index < -0.39 is 0 Å². The number of halogens is 1. The summed E-state index contributed by atoms with van der Waals surface area (Å²) in [6, 6.07) is 15.6. The van der Waals surface area contributed by atoms with Crippen molar-refractivity contribution in [1.29, 1.82) is 0 Å². The number of carbonyl (C=O) groups is 2. The van der Waals surface area contributed by atoms with Crippen LogP contribution in [0.5, 0.6) is 11.5 Å². The van der Waals surface area contributed by atoms with Gasteiger partial charge in [-0.05, 0) is 54.6 Å². The van der Waals surface area contributed by atoms with Crippen LogP contribution < -0.4 is 15.4 Å². The topological polar surface area (TPSA) is 80.3 Å². The van der Waals surface area contributed by atoms with Gasteiger partial charge in [0.05, 0.1) is 12.2 Å². The molecule has 2 aromatic carbocycles. The molecule has 0 fully saturated rings. The molecule has 0 saturated heterocycles. The van der Waals surface area contributed by atoms with Crippen molar-refractivity contribution in [2.24, 2.45) is 0 Å². The zero-order chi connectivity index (χ0) is 20.6. The van der Waals surface area contributed by atoms with Crippen LogP contribution >= 0.6 is 0 Å². The summed E-state index contributed by atoms with van der Waals surface area (Å²) in [6.45, 7) is 3.57. The minimum atomic E-state index is -0.357. The molecule has 6 nitrogen and oxygen atoms in total. The van der Waals surface area contributed by atoms with Gasteiger partial charge in [-0.15, -0.1) is 0 Å². The number of hydrogen-bond acceptors (Lipinski definition) is 4. The lowest BCUT2D eigenvalue weighted by Crippen LogP contribution is -2.23. The second-order valence-corrected chi connectivity index (χ2v) is 6.00. The van der Waals surface area contributed by atoms with E-state index in [2.05, 4.69) is 22.2 Å². The zero-order valence-corrected chi connectivity index (χ0v) is 15.4. The van der Waals surface area contributed by atoms with Crippen LogP contribution in [0, 0.1) is 5.82 Å². The molecule has 0 saturated carbocycles. The second-order valence-electron chi connectivity index (χ2n) is 6.00. The quantitative estimate of drug-likeness (QED) is 0.595. The molecular weight excluding hydrogens is 373 g/mol. The van der Waals surface area contributed by atoms with Crippen molar-refractivity contribution in [2.75, 3.05) is 5.32 Å². The minimum absolute atomic E-state index is 0.183. The van der Waals surface area contributed by atoms with Gasteiger partial charge in [0, 0.05) is 23.5 Å². The number of amides is 2. The number of pyridine rings is 1. The van der Waals surface area contributed by atoms with Crippen LogP contribution in [0.15, 0.2) is 79.5 Å². The molecule has 0 spiro atoms. The Kier molecular flexibility index (Phi) is 6.32. The van der Waals surface area contributed by atoms with Gasteiger partial charge < -0.3 is 15.4 Å². The molecule has 3 aromatic rings. The van der Waals surface area contributed by atoms with E-state index in [0.29, 0.717) is 28.4 Å². The fourth-order valence-electron chi connectivity index (χ4n) is 2.46. The summed E-state index contributed by atoms with van der Waals surface area (Å²) in [5.41, 5.74) is 1.48. The van der Waals surface area contributed by atoms with Crippen LogP contribution in [0.1, 0.15) is 16.1 Å². The SMILES string of the molecule is C=CC(=O)Nc1cccc(C(=O)NCc2cc(Oc3ccc(F)cc3)ccn2)c1. The maximum absolute atomic E-state index is 13.0. The third kappa shape index (κ3) is 5.74. The van der Waals surface area contributed by atoms with E-state index in [0.717, 1.165) is 6.08 Å². The van der Waals surface area contributed by atoms with Crippen LogP contribution in [0.4, 0.5) is 10.1 Å². The maximum atomic E-state index is 13.0. The smallest absolute Gasteiger partial charge is 0.251 e. The molecule has 146 valence electrons. The average Bonchev–Trinajstić information content (AvgIpc) is 2.74. The van der Waals surface area contributed by atoms with Crippen LogP contribution in [0.2, 0.25) is 0 Å². The lowest BCUT2D eigenvalue weighted by atomic mass is 10.2. The summed E-state index contributed by atoms with van der Waals surface area (Å²) in [4.78, 5) is 28.0. The van der Waals surface area contributed by atoms with Gasteiger partial charge in [0.25, 0.3) is 5.91 Å². The highest BCUT2D eigenvalue weighted by atomic mass is 19.1. The standard InChI is InChI=1S/C22H18FN3O3/c1-2-21(27)26-17-5-3-4-15(12-17)22(28)25-14-18-13-20(10-11-24-18)29-19-8-6-16(23)7-9-19/h2-13H,1,14H2,(H,25,28)(H,26,27). The summed E-state index contributed by atoms with van der Waals surface area (Å²) in [6.07, 6.45) is 2.71. The number of ether oxygens (including phenoxy) is 1. The Morgan fingerprint density at radius 1 is 1.07 bits per heavy atom. The van der Waals surface area contributed by atoms with Crippen LogP contribution in [0.3, 0.4) is 0 Å².